The number of nitrogens with two attached hydrogens (primary N) is 2. The molecule has 3 amide bonds. The van der Waals surface area contributed by atoms with E-state index in [0.717, 1.165) is 106 Å². The second-order valence-corrected chi connectivity index (χ2v) is 30.0. The van der Waals surface area contributed by atoms with E-state index in [0.29, 0.717) is 83.8 Å². The quantitative estimate of drug-likeness (QED) is 0.00918. The number of rotatable bonds is 31. The summed E-state index contributed by atoms with van der Waals surface area (Å²) in [4.78, 5) is 114. The molecule has 15 aromatic carbocycles. The number of aldehydes is 1. The molecule has 31 nitrogen and oxygen atoms in total. The van der Waals surface area contributed by atoms with Crippen molar-refractivity contribution in [3.63, 3.8) is 0 Å². The van der Waals surface area contributed by atoms with Crippen molar-refractivity contribution < 1.29 is 92.1 Å². The number of aromatic carboxylic acids is 3. The fourth-order valence-electron chi connectivity index (χ4n) is 13.5. The third kappa shape index (κ3) is 30.9. The van der Waals surface area contributed by atoms with Gasteiger partial charge in [-0.25, -0.2) is 14.4 Å². The maximum atomic E-state index is 13.7. The molecule has 0 bridgehead atoms. The average molecular weight is 1870 g/mol. The number of nitro groups is 3. The first-order valence-corrected chi connectivity index (χ1v) is 43.1. The zero-order valence-electron chi connectivity index (χ0n) is 76.6. The second-order valence-electron chi connectivity index (χ2n) is 30.0. The Kier molecular flexibility index (Phi) is 39.9. The molecule has 708 valence electrons. The van der Waals surface area contributed by atoms with Crippen LogP contribution in [0.15, 0.2) is 328 Å². The number of hydrogen-bond acceptors (Lipinski definition) is 22. The molecule has 0 atom stereocenters. The third-order valence-corrected chi connectivity index (χ3v) is 20.7. The van der Waals surface area contributed by atoms with E-state index < -0.39 is 32.7 Å². The minimum atomic E-state index is -1.16. The van der Waals surface area contributed by atoms with Crippen molar-refractivity contribution in [2.75, 3.05) is 57.7 Å². The SMILES string of the molecule is CC=O.CCN(Cc1ccc2ccccc2c1)C(=O)c1ccc(N)c(OCc2ccccc2)c1.CCN(Cc1ccc2ccccc2c1)C(=O)c1ccc(NC(=O)c2ccc(N)c(OC)c2)c(OCc2ccccc2)c1.CCNCc1ccc2ccccc2c1.COc1cc(C(=O)O)ccc1[N+](=O)[O-].COc1cc(C(=O)O)ccc1[N+](=O)[O-].O=C(O)c1ccc([N+](=O)[O-])c(OCc2ccccc2)c1. The van der Waals surface area contributed by atoms with Gasteiger partial charge in [0.25, 0.3) is 17.7 Å². The van der Waals surface area contributed by atoms with Crippen LogP contribution in [0.4, 0.5) is 34.1 Å². The number of amides is 3. The number of nitrogen functional groups attached to an aromatic ring is 2. The highest BCUT2D eigenvalue weighted by Crippen LogP contribution is 2.35. The van der Waals surface area contributed by atoms with E-state index in [1.807, 2.05) is 134 Å². The monoisotopic (exact) mass is 1870 g/mol. The Morgan fingerprint density at radius 1 is 0.348 bits per heavy atom. The van der Waals surface area contributed by atoms with Crippen molar-refractivity contribution in [3.8, 4) is 34.5 Å². The van der Waals surface area contributed by atoms with Gasteiger partial charge >= 0.3 is 35.0 Å². The Bertz CT molecular complexity index is 6660. The molecule has 0 radical (unpaired) electrons. The number of carbonyl (C=O) groups is 7. The highest BCUT2D eigenvalue weighted by atomic mass is 16.6. The average Bonchev–Trinajstić information content (AvgIpc) is 0.812. The zero-order chi connectivity index (χ0) is 99.6. The molecule has 0 unspecified atom stereocenters. The molecule has 0 aliphatic heterocycles. The predicted octanol–water partition coefficient (Wildman–Crippen LogP) is 21.2. The van der Waals surface area contributed by atoms with Crippen molar-refractivity contribution in [2.45, 2.75) is 67.1 Å². The van der Waals surface area contributed by atoms with Crippen LogP contribution in [0.25, 0.3) is 32.3 Å². The third-order valence-electron chi connectivity index (χ3n) is 20.7. The number of carboxylic acids is 3. The summed E-state index contributed by atoms with van der Waals surface area (Å²) in [6.45, 7) is 12.5. The molecule has 0 spiro atoms. The minimum Gasteiger partial charge on any atom is -0.495 e. The molecule has 0 aliphatic carbocycles. The second kappa shape index (κ2) is 53.0. The molecule has 0 heterocycles. The number of hydrogen-bond donors (Lipinski definition) is 7. The summed E-state index contributed by atoms with van der Waals surface area (Å²) in [5, 5.41) is 71.4. The summed E-state index contributed by atoms with van der Waals surface area (Å²) in [5.74, 6) is -2.85. The van der Waals surface area contributed by atoms with Crippen molar-refractivity contribution >= 4 is 108 Å². The van der Waals surface area contributed by atoms with Crippen molar-refractivity contribution in [3.05, 3.63) is 425 Å². The lowest BCUT2D eigenvalue weighted by Gasteiger charge is -2.22. The Morgan fingerprint density at radius 3 is 1.03 bits per heavy atom. The predicted molar refractivity (Wildman–Crippen MR) is 530 cm³/mol. The Balaban J connectivity index is 0.000000195. The largest absolute Gasteiger partial charge is 0.495 e. The van der Waals surface area contributed by atoms with Crippen LogP contribution in [0.3, 0.4) is 0 Å². The summed E-state index contributed by atoms with van der Waals surface area (Å²) in [7, 11) is 3.99. The zero-order valence-corrected chi connectivity index (χ0v) is 76.6. The number of nitrogens with one attached hydrogen (secondary N) is 2. The molecule has 0 aromatic heterocycles. The van der Waals surface area contributed by atoms with Crippen LogP contribution in [0.2, 0.25) is 0 Å². The van der Waals surface area contributed by atoms with E-state index in [9.17, 15) is 59.1 Å². The van der Waals surface area contributed by atoms with Crippen LogP contribution >= 0.6 is 0 Å². The molecule has 9 N–H and O–H groups in total. The van der Waals surface area contributed by atoms with Gasteiger partial charge in [0.05, 0.1) is 69.9 Å². The lowest BCUT2D eigenvalue weighted by Crippen LogP contribution is -2.30. The molecular weight excluding hydrogens is 1760 g/mol. The van der Waals surface area contributed by atoms with Gasteiger partial charge in [-0.05, 0) is 184 Å². The van der Waals surface area contributed by atoms with E-state index in [-0.39, 0.29) is 81.9 Å². The van der Waals surface area contributed by atoms with Crippen LogP contribution < -0.4 is 50.5 Å². The molecule has 0 aliphatic rings. The number of nitrogens with zero attached hydrogens (tertiary/aromatic N) is 5. The van der Waals surface area contributed by atoms with Crippen LogP contribution in [-0.4, -0.2) is 123 Å². The van der Waals surface area contributed by atoms with E-state index in [2.05, 4.69) is 121 Å². The number of fused-ring (bicyclic) bond motifs is 3. The van der Waals surface area contributed by atoms with Crippen LogP contribution in [0, 0.1) is 30.3 Å². The Morgan fingerprint density at radius 2 is 0.652 bits per heavy atom. The fraction of sp³-hybridized carbons (Fsp3) is 0.150. The number of nitro benzene ring substituents is 3. The Labute approximate surface area is 795 Å². The summed E-state index contributed by atoms with van der Waals surface area (Å²) in [5.41, 5.74) is 20.2. The summed E-state index contributed by atoms with van der Waals surface area (Å²) in [6, 6.07) is 98.1. The standard InChI is InChI=1S/C35H33N3O4.C27H26N2O2.C14H11NO5.C13H15N.2C8H7NO5.C2H4O/c1-3-38(22-25-13-14-26-11-7-8-12-27(26)19-25)35(40)29-16-18-31(33(21-29)42-23-24-9-5-4-6-10-24)37-34(39)28-15-17-30(36)32(20-28)41-2;1-2-29(18-21-12-13-22-10-6-7-11-23(22)16-21)27(30)24-14-15-25(28)26(17-24)31-19-20-8-4-3-5-9-20;16-14(17)11-6-7-12(15(18)19)13(8-11)20-9-10-4-2-1-3-5-10;1-2-14-10-11-7-8-12-5-3-4-6-13(12)9-11;2*1-14-7-4-5(8(10)11)2-3-6(7)9(12)13;1-2-3/h4-21H,3,22-23,36H2,1-2H3,(H,37,39);3-17H,2,18-19,28H2,1H3;1-8H,9H2,(H,16,17);3-9,14H,2,10H2,1H3;2*2-4H,1H3,(H,10,11);2H,1H3. The fourth-order valence-corrected chi connectivity index (χ4v) is 13.5. The number of carbonyl (C=O) groups excluding carboxylic acids is 4. The van der Waals surface area contributed by atoms with Gasteiger partial charge in [-0.1, -0.05) is 207 Å². The maximum absolute atomic E-state index is 13.7. The number of ether oxygens (including phenoxy) is 6. The minimum absolute atomic E-state index is 0.0415. The van der Waals surface area contributed by atoms with E-state index in [4.69, 9.17) is 60.0 Å². The smallest absolute Gasteiger partial charge is 0.335 e. The van der Waals surface area contributed by atoms with Gasteiger partial charge in [0.2, 0.25) is 0 Å². The first-order chi connectivity index (χ1) is 66.6. The molecule has 0 saturated heterocycles. The summed E-state index contributed by atoms with van der Waals surface area (Å²) < 4.78 is 32.1. The molecule has 138 heavy (non-hydrogen) atoms. The first-order valence-electron chi connectivity index (χ1n) is 43.1. The van der Waals surface area contributed by atoms with Crippen molar-refractivity contribution in [1.82, 2.24) is 15.1 Å². The number of anilines is 3. The molecule has 15 rings (SSSR count). The summed E-state index contributed by atoms with van der Waals surface area (Å²) in [6.07, 6.45) is 0.750. The highest BCUT2D eigenvalue weighted by molar-refractivity contribution is 6.06. The van der Waals surface area contributed by atoms with Crippen LogP contribution in [-0.2, 0) is 44.2 Å². The molecular formula is C107H103N9O22. The number of benzene rings is 15. The van der Waals surface area contributed by atoms with Crippen molar-refractivity contribution in [1.29, 1.82) is 0 Å². The van der Waals surface area contributed by atoms with Gasteiger partial charge in [0.1, 0.15) is 43.4 Å². The van der Waals surface area contributed by atoms with E-state index >= 15 is 0 Å². The first kappa shape index (κ1) is 104. The number of carboxylic acid groups (broad SMARTS) is 3. The molecule has 0 fully saturated rings. The van der Waals surface area contributed by atoms with Crippen LogP contribution in [0.1, 0.15) is 123 Å². The summed E-state index contributed by atoms with van der Waals surface area (Å²) >= 11 is 0. The van der Waals surface area contributed by atoms with E-state index in [1.165, 1.54) is 61.4 Å². The van der Waals surface area contributed by atoms with E-state index in [1.54, 1.807) is 59.5 Å². The maximum Gasteiger partial charge on any atom is 0.335 e. The molecule has 31 heteroatoms. The Hall–Kier alpha value is -17.9. The van der Waals surface area contributed by atoms with Crippen molar-refractivity contribution in [2.24, 2.45) is 0 Å². The number of methoxy groups -OCH3 is 3. The van der Waals surface area contributed by atoms with Gasteiger partial charge in [0, 0.05) is 85.8 Å². The topological polar surface area (TPSA) is 448 Å². The normalized spacial score (nSPS) is 10.2. The van der Waals surface area contributed by atoms with Gasteiger partial charge < -0.3 is 80.4 Å². The van der Waals surface area contributed by atoms with Gasteiger partial charge in [-0.3, -0.25) is 44.7 Å². The van der Waals surface area contributed by atoms with Gasteiger partial charge in [-0.15, -0.1) is 0 Å². The lowest BCUT2D eigenvalue weighted by atomic mass is 10.1. The highest BCUT2D eigenvalue weighted by Gasteiger charge is 2.24. The van der Waals surface area contributed by atoms with Gasteiger partial charge in [-0.2, -0.15) is 0 Å². The van der Waals surface area contributed by atoms with Crippen LogP contribution in [0.5, 0.6) is 34.5 Å². The van der Waals surface area contributed by atoms with Gasteiger partial charge in [0.15, 0.2) is 17.2 Å². The molecule has 15 aromatic rings. The molecule has 0 saturated carbocycles. The lowest BCUT2D eigenvalue weighted by molar-refractivity contribution is -0.386.